The van der Waals surface area contributed by atoms with Gasteiger partial charge in [-0.25, -0.2) is 0 Å². The van der Waals surface area contributed by atoms with Crippen molar-refractivity contribution < 1.29 is 29.6 Å². The van der Waals surface area contributed by atoms with Gasteiger partial charge >= 0.3 is 0 Å². The van der Waals surface area contributed by atoms with Gasteiger partial charge in [0.05, 0.1) is 11.2 Å². The first-order valence-electron chi connectivity index (χ1n) is 8.38. The summed E-state index contributed by atoms with van der Waals surface area (Å²) >= 11 is 0. The van der Waals surface area contributed by atoms with E-state index in [0.29, 0.717) is 16.9 Å². The van der Waals surface area contributed by atoms with Crippen LogP contribution in [-0.2, 0) is 6.42 Å². The van der Waals surface area contributed by atoms with Crippen molar-refractivity contribution in [2.75, 3.05) is 0 Å². The molecule has 0 fully saturated rings. The summed E-state index contributed by atoms with van der Waals surface area (Å²) in [6.07, 6.45) is 0.922. The SMILES string of the molecule is CC(C)(O)C1Cc2c(O)ccc(-c3coc4cc(O)cc(O)c4c3=O)c2O1. The number of phenolic OH excluding ortho intramolecular Hbond substituents is 3. The Balaban J connectivity index is 1.94. The maximum Gasteiger partial charge on any atom is 0.204 e. The molecule has 2 aromatic carbocycles. The van der Waals surface area contributed by atoms with Crippen LogP contribution in [0.5, 0.6) is 23.0 Å². The summed E-state index contributed by atoms with van der Waals surface area (Å²) < 4.78 is 11.3. The molecular weight excluding hydrogens is 352 g/mol. The van der Waals surface area contributed by atoms with Crippen LogP contribution >= 0.6 is 0 Å². The Labute approximate surface area is 153 Å². The molecule has 0 aliphatic carbocycles. The molecule has 0 radical (unpaired) electrons. The molecule has 1 aromatic heterocycles. The van der Waals surface area contributed by atoms with E-state index in [1.54, 1.807) is 13.8 Å². The third kappa shape index (κ3) is 2.67. The van der Waals surface area contributed by atoms with E-state index in [1.165, 1.54) is 24.5 Å². The molecule has 1 aliphatic heterocycles. The third-order valence-corrected chi connectivity index (χ3v) is 4.81. The number of benzene rings is 2. The lowest BCUT2D eigenvalue weighted by atomic mass is 9.95. The largest absolute Gasteiger partial charge is 0.508 e. The molecular formula is C20H18O7. The van der Waals surface area contributed by atoms with Crippen LogP contribution in [-0.4, -0.2) is 32.1 Å². The van der Waals surface area contributed by atoms with Gasteiger partial charge in [-0.1, -0.05) is 0 Å². The van der Waals surface area contributed by atoms with Gasteiger partial charge in [0.1, 0.15) is 46.3 Å². The molecule has 0 amide bonds. The molecule has 3 aromatic rings. The highest BCUT2D eigenvalue weighted by atomic mass is 16.5. The molecule has 0 bridgehead atoms. The Morgan fingerprint density at radius 3 is 2.52 bits per heavy atom. The first-order valence-corrected chi connectivity index (χ1v) is 8.38. The Morgan fingerprint density at radius 1 is 1.07 bits per heavy atom. The Kier molecular flexibility index (Phi) is 3.61. The zero-order chi connectivity index (χ0) is 19.5. The minimum Gasteiger partial charge on any atom is -0.508 e. The standard InChI is InChI=1S/C20H18O7/c1-20(2,25)16-7-11-13(22)4-3-10(19(11)27-16)12-8-26-15-6-9(21)5-14(23)17(15)18(12)24/h3-6,8,16,21-23,25H,7H2,1-2H3. The van der Waals surface area contributed by atoms with Gasteiger partial charge < -0.3 is 29.6 Å². The summed E-state index contributed by atoms with van der Waals surface area (Å²) in [7, 11) is 0. The van der Waals surface area contributed by atoms with E-state index in [-0.39, 0.29) is 34.5 Å². The highest BCUT2D eigenvalue weighted by Gasteiger charge is 2.38. The van der Waals surface area contributed by atoms with Crippen LogP contribution in [0.4, 0.5) is 0 Å². The van der Waals surface area contributed by atoms with Crippen LogP contribution in [0.25, 0.3) is 22.1 Å². The van der Waals surface area contributed by atoms with Crippen molar-refractivity contribution in [3.63, 3.8) is 0 Å². The monoisotopic (exact) mass is 370 g/mol. The minimum atomic E-state index is -1.15. The van der Waals surface area contributed by atoms with Crippen LogP contribution in [0.1, 0.15) is 19.4 Å². The van der Waals surface area contributed by atoms with Gasteiger partial charge in [-0.2, -0.15) is 0 Å². The molecule has 140 valence electrons. The number of hydrogen-bond donors (Lipinski definition) is 4. The number of rotatable bonds is 2. The second-order valence-electron chi connectivity index (χ2n) is 7.22. The van der Waals surface area contributed by atoms with Crippen LogP contribution in [0.3, 0.4) is 0 Å². The summed E-state index contributed by atoms with van der Waals surface area (Å²) in [6, 6.07) is 5.27. The van der Waals surface area contributed by atoms with Crippen molar-refractivity contribution in [2.45, 2.75) is 32.0 Å². The summed E-state index contributed by atoms with van der Waals surface area (Å²) in [4.78, 5) is 13.0. The second-order valence-corrected chi connectivity index (χ2v) is 7.22. The zero-order valence-corrected chi connectivity index (χ0v) is 14.7. The van der Waals surface area contributed by atoms with Gasteiger partial charge in [-0.15, -0.1) is 0 Å². The number of ether oxygens (including phenoxy) is 1. The highest BCUT2D eigenvalue weighted by molar-refractivity contribution is 5.89. The van der Waals surface area contributed by atoms with Crippen molar-refractivity contribution in [1.29, 1.82) is 0 Å². The Hall–Kier alpha value is -3.19. The van der Waals surface area contributed by atoms with E-state index in [1.807, 2.05) is 0 Å². The summed E-state index contributed by atoms with van der Waals surface area (Å²) in [6.45, 7) is 3.21. The molecule has 7 nitrogen and oxygen atoms in total. The first-order chi connectivity index (χ1) is 12.7. The quantitative estimate of drug-likeness (QED) is 0.547. The molecule has 0 spiro atoms. The molecule has 0 saturated carbocycles. The average Bonchev–Trinajstić information content (AvgIpc) is 3.02. The molecule has 4 N–H and O–H groups in total. The predicted molar refractivity (Wildman–Crippen MR) is 97.3 cm³/mol. The Morgan fingerprint density at radius 2 is 1.81 bits per heavy atom. The van der Waals surface area contributed by atoms with E-state index in [9.17, 15) is 25.2 Å². The van der Waals surface area contributed by atoms with Crippen molar-refractivity contribution in [3.05, 3.63) is 46.3 Å². The molecule has 27 heavy (non-hydrogen) atoms. The van der Waals surface area contributed by atoms with Crippen LogP contribution < -0.4 is 10.2 Å². The van der Waals surface area contributed by atoms with E-state index in [4.69, 9.17) is 9.15 Å². The third-order valence-electron chi connectivity index (χ3n) is 4.81. The van der Waals surface area contributed by atoms with Crippen molar-refractivity contribution in [2.24, 2.45) is 0 Å². The van der Waals surface area contributed by atoms with E-state index in [0.717, 1.165) is 6.07 Å². The number of aliphatic hydroxyl groups is 1. The molecule has 1 aliphatic rings. The fourth-order valence-electron chi connectivity index (χ4n) is 3.33. The zero-order valence-electron chi connectivity index (χ0n) is 14.7. The summed E-state index contributed by atoms with van der Waals surface area (Å²) in [5.41, 5.74) is -0.584. The van der Waals surface area contributed by atoms with Gasteiger partial charge in [0.2, 0.25) is 5.43 Å². The number of phenols is 3. The van der Waals surface area contributed by atoms with Crippen molar-refractivity contribution >= 4 is 11.0 Å². The Bertz CT molecular complexity index is 1120. The van der Waals surface area contributed by atoms with E-state index >= 15 is 0 Å². The molecule has 1 unspecified atom stereocenters. The molecule has 2 heterocycles. The molecule has 7 heteroatoms. The van der Waals surface area contributed by atoms with Gasteiger partial charge in [0.25, 0.3) is 0 Å². The first kappa shape index (κ1) is 17.2. The van der Waals surface area contributed by atoms with Crippen LogP contribution in [0.15, 0.2) is 39.7 Å². The molecule has 4 rings (SSSR count). The van der Waals surface area contributed by atoms with Crippen molar-refractivity contribution in [1.82, 2.24) is 0 Å². The number of fused-ring (bicyclic) bond motifs is 2. The fourth-order valence-corrected chi connectivity index (χ4v) is 3.33. The van der Waals surface area contributed by atoms with E-state index < -0.39 is 22.9 Å². The lowest BCUT2D eigenvalue weighted by Crippen LogP contribution is -2.39. The average molecular weight is 370 g/mol. The van der Waals surface area contributed by atoms with Gasteiger partial charge in [-0.05, 0) is 26.0 Å². The smallest absolute Gasteiger partial charge is 0.204 e. The second kappa shape index (κ2) is 5.65. The highest BCUT2D eigenvalue weighted by Crippen LogP contribution is 2.44. The van der Waals surface area contributed by atoms with Gasteiger partial charge in [0.15, 0.2) is 0 Å². The molecule has 1 atom stereocenters. The van der Waals surface area contributed by atoms with Gasteiger partial charge in [-0.3, -0.25) is 4.79 Å². The number of hydrogen-bond acceptors (Lipinski definition) is 7. The molecule has 0 saturated heterocycles. The van der Waals surface area contributed by atoms with Crippen LogP contribution in [0, 0.1) is 0 Å². The lowest BCUT2D eigenvalue weighted by molar-refractivity contribution is -0.0227. The topological polar surface area (TPSA) is 120 Å². The maximum absolute atomic E-state index is 13.0. The van der Waals surface area contributed by atoms with Gasteiger partial charge in [0, 0.05) is 29.7 Å². The van der Waals surface area contributed by atoms with Crippen molar-refractivity contribution in [3.8, 4) is 34.1 Å². The predicted octanol–water partition coefficient (Wildman–Crippen LogP) is 2.65. The fraction of sp³-hybridized carbons (Fsp3) is 0.250. The summed E-state index contributed by atoms with van der Waals surface area (Å²) in [5.74, 6) is -0.311. The minimum absolute atomic E-state index is 0.0125. The summed E-state index contributed by atoms with van der Waals surface area (Å²) in [5, 5.41) is 40.0. The van der Waals surface area contributed by atoms with Crippen LogP contribution in [0.2, 0.25) is 0 Å². The maximum atomic E-state index is 13.0. The lowest BCUT2D eigenvalue weighted by Gasteiger charge is -2.24. The van der Waals surface area contributed by atoms with E-state index in [2.05, 4.69) is 0 Å². The normalized spacial score (nSPS) is 16.3. The number of aromatic hydroxyl groups is 3.